The van der Waals surface area contributed by atoms with Gasteiger partial charge in [-0.05, 0) is 22.4 Å². The molecule has 0 aromatic carbocycles. The van der Waals surface area contributed by atoms with Crippen LogP contribution in [0.1, 0.15) is 5.56 Å². The van der Waals surface area contributed by atoms with Crippen LogP contribution in [0, 0.1) is 0 Å². The zero-order chi connectivity index (χ0) is 13.1. The van der Waals surface area contributed by atoms with Crippen LogP contribution in [0.4, 0.5) is 5.82 Å². The van der Waals surface area contributed by atoms with Gasteiger partial charge in [-0.2, -0.15) is 20.1 Å². The summed E-state index contributed by atoms with van der Waals surface area (Å²) < 4.78 is 8.24. The third-order valence-corrected chi connectivity index (χ3v) is 4.44. The lowest BCUT2D eigenvalue weighted by Crippen LogP contribution is -2.49. The van der Waals surface area contributed by atoms with E-state index in [-0.39, 0.29) is 5.91 Å². The summed E-state index contributed by atoms with van der Waals surface area (Å²) in [6, 6.07) is 2.01. The van der Waals surface area contributed by atoms with E-state index in [2.05, 4.69) is 13.6 Å². The highest BCUT2D eigenvalue weighted by molar-refractivity contribution is 7.08. The summed E-state index contributed by atoms with van der Waals surface area (Å²) in [7, 11) is 0. The summed E-state index contributed by atoms with van der Waals surface area (Å²) in [5.41, 5.74) is 1.11. The largest absolute Gasteiger partial charge is 0.351 e. The van der Waals surface area contributed by atoms with E-state index in [0.29, 0.717) is 6.42 Å². The molecule has 0 radical (unpaired) electrons. The van der Waals surface area contributed by atoms with E-state index < -0.39 is 0 Å². The molecular formula is C12H14N4OS2. The Morgan fingerprint density at radius 1 is 1.32 bits per heavy atom. The lowest BCUT2D eigenvalue weighted by Gasteiger charge is -2.34. The number of aromatic nitrogens is 2. The SMILES string of the molecule is O=C(Cc1ccsc1)N1CCN(c2cnsn2)CC1. The van der Waals surface area contributed by atoms with Crippen molar-refractivity contribution >= 4 is 34.8 Å². The molecule has 2 aromatic rings. The van der Waals surface area contributed by atoms with Crippen LogP contribution in [0.2, 0.25) is 0 Å². The molecule has 0 bridgehead atoms. The summed E-state index contributed by atoms with van der Waals surface area (Å²) in [5, 5.41) is 4.05. The van der Waals surface area contributed by atoms with Crippen molar-refractivity contribution in [1.29, 1.82) is 0 Å². The Balaban J connectivity index is 1.54. The van der Waals surface area contributed by atoms with Crippen molar-refractivity contribution in [1.82, 2.24) is 13.6 Å². The van der Waals surface area contributed by atoms with Gasteiger partial charge < -0.3 is 9.80 Å². The normalized spacial score (nSPS) is 15.8. The molecule has 0 unspecified atom stereocenters. The van der Waals surface area contributed by atoms with Gasteiger partial charge in [0.15, 0.2) is 5.82 Å². The third kappa shape index (κ3) is 2.93. The van der Waals surface area contributed by atoms with E-state index >= 15 is 0 Å². The second-order valence-corrected chi connectivity index (χ2v) is 5.78. The van der Waals surface area contributed by atoms with Crippen molar-refractivity contribution in [2.45, 2.75) is 6.42 Å². The summed E-state index contributed by atoms with van der Waals surface area (Å²) in [4.78, 5) is 16.3. The summed E-state index contributed by atoms with van der Waals surface area (Å²) in [5.74, 6) is 1.14. The number of rotatable bonds is 3. The lowest BCUT2D eigenvalue weighted by atomic mass is 10.2. The van der Waals surface area contributed by atoms with Crippen LogP contribution in [-0.2, 0) is 11.2 Å². The Labute approximate surface area is 119 Å². The zero-order valence-corrected chi connectivity index (χ0v) is 12.0. The fraction of sp³-hybridized carbons (Fsp3) is 0.417. The van der Waals surface area contributed by atoms with E-state index in [9.17, 15) is 4.79 Å². The zero-order valence-electron chi connectivity index (χ0n) is 10.4. The number of anilines is 1. The van der Waals surface area contributed by atoms with E-state index in [1.807, 2.05) is 21.7 Å². The Bertz CT molecular complexity index is 518. The maximum atomic E-state index is 12.1. The van der Waals surface area contributed by atoms with Gasteiger partial charge in [-0.25, -0.2) is 0 Å². The fourth-order valence-electron chi connectivity index (χ4n) is 2.16. The van der Waals surface area contributed by atoms with E-state index in [1.165, 1.54) is 11.7 Å². The Morgan fingerprint density at radius 3 is 2.79 bits per heavy atom. The van der Waals surface area contributed by atoms with Gasteiger partial charge in [-0.15, -0.1) is 0 Å². The smallest absolute Gasteiger partial charge is 0.227 e. The first-order valence-corrected chi connectivity index (χ1v) is 7.81. The quantitative estimate of drug-likeness (QED) is 0.860. The third-order valence-electron chi connectivity index (χ3n) is 3.24. The Kier molecular flexibility index (Phi) is 3.74. The minimum Gasteiger partial charge on any atom is -0.351 e. The van der Waals surface area contributed by atoms with Crippen LogP contribution < -0.4 is 4.90 Å². The summed E-state index contributed by atoms with van der Waals surface area (Å²) in [6.07, 6.45) is 2.30. The van der Waals surface area contributed by atoms with Crippen LogP contribution in [-0.4, -0.2) is 45.7 Å². The van der Waals surface area contributed by atoms with E-state index in [0.717, 1.165) is 37.6 Å². The average molecular weight is 294 g/mol. The maximum absolute atomic E-state index is 12.1. The molecule has 0 spiro atoms. The molecule has 1 saturated heterocycles. The number of amides is 1. The molecule has 1 fully saturated rings. The molecule has 0 atom stereocenters. The number of thiophene rings is 1. The highest BCUT2D eigenvalue weighted by atomic mass is 32.1. The van der Waals surface area contributed by atoms with Gasteiger partial charge in [0.25, 0.3) is 0 Å². The standard InChI is InChI=1S/C12H14N4OS2/c17-12(7-10-1-6-18-9-10)16-4-2-15(3-5-16)11-8-13-19-14-11/h1,6,8-9H,2-5,7H2. The predicted molar refractivity (Wildman–Crippen MR) is 76.7 cm³/mol. The fourth-order valence-corrected chi connectivity index (χ4v) is 3.27. The highest BCUT2D eigenvalue weighted by Gasteiger charge is 2.22. The van der Waals surface area contributed by atoms with Crippen LogP contribution in [0.25, 0.3) is 0 Å². The van der Waals surface area contributed by atoms with Crippen molar-refractivity contribution in [2.75, 3.05) is 31.1 Å². The molecule has 0 aliphatic carbocycles. The van der Waals surface area contributed by atoms with Gasteiger partial charge in [-0.1, -0.05) is 0 Å². The molecule has 1 aliphatic rings. The molecule has 0 saturated carbocycles. The van der Waals surface area contributed by atoms with Crippen LogP contribution >= 0.6 is 23.1 Å². The first-order chi connectivity index (χ1) is 9.33. The first kappa shape index (κ1) is 12.6. The summed E-state index contributed by atoms with van der Waals surface area (Å²) in [6.45, 7) is 3.20. The predicted octanol–water partition coefficient (Wildman–Crippen LogP) is 1.49. The van der Waals surface area contributed by atoms with Gasteiger partial charge in [0.05, 0.1) is 24.3 Å². The number of carbonyl (C=O) groups excluding carboxylic acids is 1. The van der Waals surface area contributed by atoms with Crippen LogP contribution in [0.3, 0.4) is 0 Å². The van der Waals surface area contributed by atoms with Crippen LogP contribution in [0.5, 0.6) is 0 Å². The molecule has 19 heavy (non-hydrogen) atoms. The highest BCUT2D eigenvalue weighted by Crippen LogP contribution is 2.15. The van der Waals surface area contributed by atoms with Crippen molar-refractivity contribution < 1.29 is 4.79 Å². The van der Waals surface area contributed by atoms with Crippen molar-refractivity contribution in [3.05, 3.63) is 28.6 Å². The number of hydrogen-bond acceptors (Lipinski definition) is 6. The average Bonchev–Trinajstić information content (AvgIpc) is 3.12. The molecule has 3 heterocycles. The molecular weight excluding hydrogens is 280 g/mol. The van der Waals surface area contributed by atoms with Crippen molar-refractivity contribution in [3.8, 4) is 0 Å². The minimum absolute atomic E-state index is 0.217. The summed E-state index contributed by atoms with van der Waals surface area (Å²) >= 11 is 2.86. The second kappa shape index (κ2) is 5.66. The Hall–Kier alpha value is -1.47. The molecule has 1 amide bonds. The molecule has 5 nitrogen and oxygen atoms in total. The molecule has 0 N–H and O–H groups in total. The van der Waals surface area contributed by atoms with Gasteiger partial charge >= 0.3 is 0 Å². The Morgan fingerprint density at radius 2 is 2.16 bits per heavy atom. The molecule has 2 aromatic heterocycles. The second-order valence-electron chi connectivity index (χ2n) is 4.44. The van der Waals surface area contributed by atoms with E-state index in [1.54, 1.807) is 17.5 Å². The molecule has 1 aliphatic heterocycles. The molecule has 7 heteroatoms. The van der Waals surface area contributed by atoms with Gasteiger partial charge in [0.2, 0.25) is 5.91 Å². The van der Waals surface area contributed by atoms with Gasteiger partial charge in [0.1, 0.15) is 0 Å². The monoisotopic (exact) mass is 294 g/mol. The topological polar surface area (TPSA) is 49.3 Å². The number of carbonyl (C=O) groups is 1. The van der Waals surface area contributed by atoms with Crippen LogP contribution in [0.15, 0.2) is 23.0 Å². The van der Waals surface area contributed by atoms with Crippen molar-refractivity contribution in [2.24, 2.45) is 0 Å². The minimum atomic E-state index is 0.217. The van der Waals surface area contributed by atoms with Crippen molar-refractivity contribution in [3.63, 3.8) is 0 Å². The number of piperazine rings is 1. The first-order valence-electron chi connectivity index (χ1n) is 6.14. The van der Waals surface area contributed by atoms with Gasteiger partial charge in [0, 0.05) is 26.2 Å². The van der Waals surface area contributed by atoms with Gasteiger partial charge in [-0.3, -0.25) is 4.79 Å². The molecule has 3 rings (SSSR count). The van der Waals surface area contributed by atoms with E-state index in [4.69, 9.17) is 0 Å². The molecule has 100 valence electrons. The number of nitrogens with zero attached hydrogens (tertiary/aromatic N) is 4. The lowest BCUT2D eigenvalue weighted by molar-refractivity contribution is -0.130. The maximum Gasteiger partial charge on any atom is 0.227 e. The number of hydrogen-bond donors (Lipinski definition) is 0.